The lowest BCUT2D eigenvalue weighted by Crippen LogP contribution is -2.09. The predicted molar refractivity (Wildman–Crippen MR) is 70.8 cm³/mol. The van der Waals surface area contributed by atoms with Crippen molar-refractivity contribution in [2.24, 2.45) is 0 Å². The monoisotopic (exact) mass is 276 g/mol. The molecule has 0 heterocycles. The van der Waals surface area contributed by atoms with E-state index in [-0.39, 0.29) is 11.1 Å². The summed E-state index contributed by atoms with van der Waals surface area (Å²) < 4.78 is 0. The molecule has 2 rings (SSSR count). The van der Waals surface area contributed by atoms with E-state index in [0.717, 1.165) is 0 Å². The van der Waals surface area contributed by atoms with Gasteiger partial charge in [0.2, 0.25) is 0 Å². The quantitative estimate of drug-likeness (QED) is 0.901. The highest BCUT2D eigenvalue weighted by Crippen LogP contribution is 2.27. The van der Waals surface area contributed by atoms with E-state index in [1.54, 1.807) is 30.3 Å². The van der Waals surface area contributed by atoms with Crippen LogP contribution in [-0.4, -0.2) is 22.2 Å². The van der Waals surface area contributed by atoms with Gasteiger partial charge in [-0.05, 0) is 29.3 Å². The first-order valence-corrected chi connectivity index (χ1v) is 5.74. The maximum Gasteiger partial charge on any atom is 0.337 e. The van der Waals surface area contributed by atoms with Gasteiger partial charge >= 0.3 is 11.9 Å². The first kappa shape index (κ1) is 13.1. The standard InChI is InChI=1S/C14H9ClO4/c15-9-6-4-8(5-7-9)10-2-1-3-11(13(16)17)12(10)14(18)19/h1-7H,(H,16,17)(H,18,19). The molecule has 0 spiro atoms. The topological polar surface area (TPSA) is 74.6 Å². The smallest absolute Gasteiger partial charge is 0.337 e. The van der Waals surface area contributed by atoms with Crippen molar-refractivity contribution in [2.45, 2.75) is 0 Å². The Morgan fingerprint density at radius 3 is 2.05 bits per heavy atom. The molecule has 0 atom stereocenters. The normalized spacial score (nSPS) is 10.2. The molecule has 0 unspecified atom stereocenters. The highest BCUT2D eigenvalue weighted by atomic mass is 35.5. The number of benzene rings is 2. The summed E-state index contributed by atoms with van der Waals surface area (Å²) in [4.78, 5) is 22.4. The molecule has 0 amide bonds. The van der Waals surface area contributed by atoms with Gasteiger partial charge in [0, 0.05) is 5.02 Å². The summed E-state index contributed by atoms with van der Waals surface area (Å²) in [6, 6.07) is 10.9. The Bertz CT molecular complexity index is 647. The third-order valence-corrected chi connectivity index (χ3v) is 2.92. The molecule has 0 radical (unpaired) electrons. The van der Waals surface area contributed by atoms with Crippen molar-refractivity contribution in [2.75, 3.05) is 0 Å². The Kier molecular flexibility index (Phi) is 3.53. The van der Waals surface area contributed by atoms with E-state index in [4.69, 9.17) is 16.7 Å². The molecule has 19 heavy (non-hydrogen) atoms. The molecule has 2 aromatic carbocycles. The van der Waals surface area contributed by atoms with Crippen LogP contribution in [-0.2, 0) is 0 Å². The number of aromatic carboxylic acids is 2. The minimum absolute atomic E-state index is 0.225. The summed E-state index contributed by atoms with van der Waals surface area (Å²) in [5.41, 5.74) is 0.492. The van der Waals surface area contributed by atoms with Crippen LogP contribution in [0.4, 0.5) is 0 Å². The van der Waals surface area contributed by atoms with Crippen LogP contribution < -0.4 is 0 Å². The van der Waals surface area contributed by atoms with Crippen LogP contribution in [0.2, 0.25) is 5.02 Å². The zero-order chi connectivity index (χ0) is 14.0. The second-order valence-electron chi connectivity index (χ2n) is 3.85. The molecule has 0 saturated carbocycles. The molecule has 0 aliphatic carbocycles. The van der Waals surface area contributed by atoms with E-state index in [2.05, 4.69) is 0 Å². The van der Waals surface area contributed by atoms with Gasteiger partial charge in [-0.15, -0.1) is 0 Å². The summed E-state index contributed by atoms with van der Waals surface area (Å²) in [6.07, 6.45) is 0. The minimum Gasteiger partial charge on any atom is -0.478 e. The largest absolute Gasteiger partial charge is 0.478 e. The van der Waals surface area contributed by atoms with Crippen molar-refractivity contribution in [3.63, 3.8) is 0 Å². The number of hydrogen-bond acceptors (Lipinski definition) is 2. The fourth-order valence-electron chi connectivity index (χ4n) is 1.83. The molecule has 4 nitrogen and oxygen atoms in total. The zero-order valence-corrected chi connectivity index (χ0v) is 10.4. The molecule has 0 bridgehead atoms. The fourth-order valence-corrected chi connectivity index (χ4v) is 1.96. The SMILES string of the molecule is O=C(O)c1cccc(-c2ccc(Cl)cc2)c1C(=O)O. The average Bonchev–Trinajstić information content (AvgIpc) is 2.38. The van der Waals surface area contributed by atoms with Crippen LogP contribution in [0, 0.1) is 0 Å². The van der Waals surface area contributed by atoms with E-state index in [1.165, 1.54) is 12.1 Å². The van der Waals surface area contributed by atoms with E-state index in [9.17, 15) is 14.7 Å². The molecule has 2 aromatic rings. The van der Waals surface area contributed by atoms with E-state index >= 15 is 0 Å². The van der Waals surface area contributed by atoms with E-state index < -0.39 is 11.9 Å². The van der Waals surface area contributed by atoms with Crippen LogP contribution >= 0.6 is 11.6 Å². The Morgan fingerprint density at radius 2 is 1.53 bits per heavy atom. The summed E-state index contributed by atoms with van der Waals surface area (Å²) in [6.45, 7) is 0. The number of hydrogen-bond donors (Lipinski definition) is 2. The molecule has 96 valence electrons. The zero-order valence-electron chi connectivity index (χ0n) is 9.63. The third kappa shape index (κ3) is 2.58. The van der Waals surface area contributed by atoms with Crippen molar-refractivity contribution in [1.29, 1.82) is 0 Å². The number of halogens is 1. The number of carboxylic acids is 2. The first-order chi connectivity index (χ1) is 9.00. The van der Waals surface area contributed by atoms with Crippen molar-refractivity contribution in [1.82, 2.24) is 0 Å². The van der Waals surface area contributed by atoms with Gasteiger partial charge in [0.1, 0.15) is 0 Å². The van der Waals surface area contributed by atoms with Gasteiger partial charge in [-0.1, -0.05) is 35.9 Å². The van der Waals surface area contributed by atoms with Gasteiger partial charge in [-0.25, -0.2) is 9.59 Å². The van der Waals surface area contributed by atoms with Gasteiger partial charge in [-0.3, -0.25) is 0 Å². The average molecular weight is 277 g/mol. The van der Waals surface area contributed by atoms with E-state index in [1.807, 2.05) is 0 Å². The Morgan fingerprint density at radius 1 is 0.895 bits per heavy atom. The lowest BCUT2D eigenvalue weighted by molar-refractivity contribution is 0.0652. The molecular formula is C14H9ClO4. The summed E-state index contributed by atoms with van der Waals surface area (Å²) in [5.74, 6) is -2.55. The first-order valence-electron chi connectivity index (χ1n) is 5.36. The molecule has 0 aliphatic rings. The lowest BCUT2D eigenvalue weighted by Gasteiger charge is -2.09. The molecule has 5 heteroatoms. The minimum atomic E-state index is -1.28. The molecule has 0 saturated heterocycles. The third-order valence-electron chi connectivity index (χ3n) is 2.66. The van der Waals surface area contributed by atoms with Crippen molar-refractivity contribution in [3.05, 3.63) is 58.6 Å². The number of carbonyl (C=O) groups is 2. The highest BCUT2D eigenvalue weighted by molar-refractivity contribution is 6.30. The lowest BCUT2D eigenvalue weighted by atomic mass is 9.95. The van der Waals surface area contributed by atoms with Gasteiger partial charge < -0.3 is 10.2 Å². The second-order valence-corrected chi connectivity index (χ2v) is 4.28. The van der Waals surface area contributed by atoms with Crippen LogP contribution in [0.3, 0.4) is 0 Å². The van der Waals surface area contributed by atoms with Gasteiger partial charge in [-0.2, -0.15) is 0 Å². The maximum atomic E-state index is 11.3. The van der Waals surface area contributed by atoms with Crippen LogP contribution in [0.15, 0.2) is 42.5 Å². The van der Waals surface area contributed by atoms with Gasteiger partial charge in [0.25, 0.3) is 0 Å². The molecule has 2 N–H and O–H groups in total. The summed E-state index contributed by atoms with van der Waals surface area (Å²) in [7, 11) is 0. The maximum absolute atomic E-state index is 11.3. The Labute approximate surface area is 113 Å². The van der Waals surface area contributed by atoms with Gasteiger partial charge in [0.05, 0.1) is 11.1 Å². The van der Waals surface area contributed by atoms with Crippen molar-refractivity contribution < 1.29 is 19.8 Å². The predicted octanol–water partition coefficient (Wildman–Crippen LogP) is 3.40. The van der Waals surface area contributed by atoms with Crippen LogP contribution in [0.25, 0.3) is 11.1 Å². The highest BCUT2D eigenvalue weighted by Gasteiger charge is 2.20. The second kappa shape index (κ2) is 5.12. The van der Waals surface area contributed by atoms with E-state index in [0.29, 0.717) is 16.1 Å². The molecular weight excluding hydrogens is 268 g/mol. The van der Waals surface area contributed by atoms with Gasteiger partial charge in [0.15, 0.2) is 0 Å². The molecule has 0 aliphatic heterocycles. The van der Waals surface area contributed by atoms with Crippen molar-refractivity contribution >= 4 is 23.5 Å². The molecule has 0 aromatic heterocycles. The summed E-state index contributed by atoms with van der Waals surface area (Å²) >= 11 is 5.77. The Hall–Kier alpha value is -2.33. The van der Waals surface area contributed by atoms with Crippen molar-refractivity contribution in [3.8, 4) is 11.1 Å². The Balaban J connectivity index is 2.69. The summed E-state index contributed by atoms with van der Waals surface area (Å²) in [5, 5.41) is 18.8. The van der Waals surface area contributed by atoms with Crippen LogP contribution in [0.1, 0.15) is 20.7 Å². The number of carboxylic acid groups (broad SMARTS) is 2. The van der Waals surface area contributed by atoms with Crippen LogP contribution in [0.5, 0.6) is 0 Å². The number of rotatable bonds is 3. The molecule has 0 fully saturated rings. The fraction of sp³-hybridized carbons (Fsp3) is 0.